The van der Waals surface area contributed by atoms with E-state index in [0.717, 1.165) is 11.4 Å². The minimum Gasteiger partial charge on any atom is -0.324 e. The van der Waals surface area contributed by atoms with Gasteiger partial charge in [-0.1, -0.05) is 24.3 Å². The fourth-order valence-electron chi connectivity index (χ4n) is 2.04. The number of hydrogen-bond donors (Lipinski definition) is 1. The van der Waals surface area contributed by atoms with Crippen molar-refractivity contribution in [2.45, 2.75) is 0 Å². The molecular formula is C17H14N2O. The molecule has 0 aliphatic carbocycles. The summed E-state index contributed by atoms with van der Waals surface area (Å²) in [5, 5.41) is 2.88. The molecule has 20 heavy (non-hydrogen) atoms. The summed E-state index contributed by atoms with van der Waals surface area (Å²) >= 11 is 0. The van der Waals surface area contributed by atoms with Gasteiger partial charge in [0, 0.05) is 29.3 Å². The molecular weight excluding hydrogens is 248 g/mol. The average Bonchev–Trinajstić information content (AvgIpc) is 3.03. The molecule has 1 aromatic heterocycles. The van der Waals surface area contributed by atoms with Crippen LogP contribution in [0.25, 0.3) is 5.69 Å². The molecule has 1 N–H and O–H groups in total. The summed E-state index contributed by atoms with van der Waals surface area (Å²) in [5.41, 5.74) is 2.40. The monoisotopic (exact) mass is 262 g/mol. The number of nitrogens with zero attached hydrogens (tertiary/aromatic N) is 1. The molecule has 0 bridgehead atoms. The van der Waals surface area contributed by atoms with Gasteiger partial charge in [-0.25, -0.2) is 0 Å². The van der Waals surface area contributed by atoms with Gasteiger partial charge in [-0.05, 0) is 42.5 Å². The number of nitrogens with one attached hydrogen (secondary N) is 1. The van der Waals surface area contributed by atoms with Crippen molar-refractivity contribution in [3.8, 4) is 5.69 Å². The highest BCUT2D eigenvalue weighted by Gasteiger charge is 2.06. The zero-order chi connectivity index (χ0) is 13.8. The Labute approximate surface area is 117 Å². The summed E-state index contributed by atoms with van der Waals surface area (Å²) in [7, 11) is 0. The summed E-state index contributed by atoms with van der Waals surface area (Å²) in [4.78, 5) is 12.2. The molecule has 0 aliphatic heterocycles. The lowest BCUT2D eigenvalue weighted by molar-refractivity contribution is 0.102. The van der Waals surface area contributed by atoms with E-state index in [1.807, 2.05) is 83.7 Å². The number of para-hydroxylation sites is 1. The molecule has 3 nitrogen and oxygen atoms in total. The molecule has 1 heterocycles. The molecule has 3 heteroatoms. The number of aromatic nitrogens is 1. The predicted molar refractivity (Wildman–Crippen MR) is 80.2 cm³/mol. The van der Waals surface area contributed by atoms with Gasteiger partial charge in [0.25, 0.3) is 5.91 Å². The van der Waals surface area contributed by atoms with Crippen molar-refractivity contribution in [2.24, 2.45) is 0 Å². The summed E-state index contributed by atoms with van der Waals surface area (Å²) in [6.45, 7) is 0. The minimum absolute atomic E-state index is 0.106. The average molecular weight is 262 g/mol. The van der Waals surface area contributed by atoms with Crippen LogP contribution in [0.1, 0.15) is 10.4 Å². The van der Waals surface area contributed by atoms with E-state index in [-0.39, 0.29) is 5.91 Å². The molecule has 2 aromatic carbocycles. The molecule has 0 saturated heterocycles. The van der Waals surface area contributed by atoms with Gasteiger partial charge in [0.2, 0.25) is 0 Å². The van der Waals surface area contributed by atoms with Gasteiger partial charge < -0.3 is 9.88 Å². The first kappa shape index (κ1) is 12.2. The van der Waals surface area contributed by atoms with Gasteiger partial charge in [0.1, 0.15) is 0 Å². The maximum atomic E-state index is 12.2. The van der Waals surface area contributed by atoms with Crippen molar-refractivity contribution in [1.82, 2.24) is 4.57 Å². The largest absolute Gasteiger partial charge is 0.324 e. The van der Waals surface area contributed by atoms with Crippen molar-refractivity contribution >= 4 is 11.6 Å². The lowest BCUT2D eigenvalue weighted by Gasteiger charge is -2.07. The van der Waals surface area contributed by atoms with Crippen LogP contribution in [-0.2, 0) is 0 Å². The number of carbonyl (C=O) groups is 1. The molecule has 3 rings (SSSR count). The van der Waals surface area contributed by atoms with E-state index in [4.69, 9.17) is 0 Å². The van der Waals surface area contributed by atoms with Crippen LogP contribution in [-0.4, -0.2) is 10.5 Å². The molecule has 0 fully saturated rings. The lowest BCUT2D eigenvalue weighted by atomic mass is 10.2. The van der Waals surface area contributed by atoms with E-state index in [1.54, 1.807) is 0 Å². The van der Waals surface area contributed by atoms with Gasteiger partial charge in [-0.15, -0.1) is 0 Å². The predicted octanol–water partition coefficient (Wildman–Crippen LogP) is 3.73. The summed E-state index contributed by atoms with van der Waals surface area (Å²) < 4.78 is 1.97. The van der Waals surface area contributed by atoms with Crippen molar-refractivity contribution in [1.29, 1.82) is 0 Å². The Hall–Kier alpha value is -2.81. The summed E-state index contributed by atoms with van der Waals surface area (Å²) in [6.07, 6.45) is 3.91. The number of hydrogen-bond acceptors (Lipinski definition) is 1. The first-order valence-corrected chi connectivity index (χ1v) is 6.43. The number of benzene rings is 2. The minimum atomic E-state index is -0.106. The highest BCUT2D eigenvalue weighted by molar-refractivity contribution is 6.04. The molecule has 0 unspecified atom stereocenters. The number of amides is 1. The Morgan fingerprint density at radius 3 is 2.35 bits per heavy atom. The van der Waals surface area contributed by atoms with Gasteiger partial charge in [0.05, 0.1) is 0 Å². The quantitative estimate of drug-likeness (QED) is 0.766. The third-order valence-corrected chi connectivity index (χ3v) is 3.04. The Morgan fingerprint density at radius 1 is 0.850 bits per heavy atom. The highest BCUT2D eigenvalue weighted by atomic mass is 16.1. The zero-order valence-corrected chi connectivity index (χ0v) is 10.9. The van der Waals surface area contributed by atoms with Crippen LogP contribution in [0.5, 0.6) is 0 Å². The van der Waals surface area contributed by atoms with E-state index < -0.39 is 0 Å². The molecule has 0 radical (unpaired) electrons. The summed E-state index contributed by atoms with van der Waals surface area (Å²) in [5.74, 6) is -0.106. The lowest BCUT2D eigenvalue weighted by Crippen LogP contribution is -2.12. The van der Waals surface area contributed by atoms with Crippen LogP contribution in [0.15, 0.2) is 79.1 Å². The van der Waals surface area contributed by atoms with Crippen LogP contribution >= 0.6 is 0 Å². The number of rotatable bonds is 3. The first-order chi connectivity index (χ1) is 9.83. The van der Waals surface area contributed by atoms with Gasteiger partial charge >= 0.3 is 0 Å². The van der Waals surface area contributed by atoms with Gasteiger partial charge in [-0.3, -0.25) is 4.79 Å². The number of carbonyl (C=O) groups excluding carboxylic acids is 1. The van der Waals surface area contributed by atoms with Crippen molar-refractivity contribution in [3.63, 3.8) is 0 Å². The Kier molecular flexibility index (Phi) is 3.33. The van der Waals surface area contributed by atoms with Gasteiger partial charge in [0.15, 0.2) is 0 Å². The van der Waals surface area contributed by atoms with E-state index >= 15 is 0 Å². The molecule has 98 valence electrons. The molecule has 0 saturated carbocycles. The highest BCUT2D eigenvalue weighted by Crippen LogP contribution is 2.13. The Bertz CT molecular complexity index is 703. The Balaban J connectivity index is 1.84. The van der Waals surface area contributed by atoms with E-state index in [2.05, 4.69) is 5.32 Å². The number of anilines is 1. The van der Waals surface area contributed by atoms with Crippen LogP contribution in [0.4, 0.5) is 5.69 Å². The smallest absolute Gasteiger partial charge is 0.255 e. The maximum absolute atomic E-state index is 12.2. The zero-order valence-electron chi connectivity index (χ0n) is 10.9. The van der Waals surface area contributed by atoms with Crippen LogP contribution in [0.3, 0.4) is 0 Å². The fraction of sp³-hybridized carbons (Fsp3) is 0. The third kappa shape index (κ3) is 2.62. The second kappa shape index (κ2) is 5.45. The van der Waals surface area contributed by atoms with Crippen molar-refractivity contribution in [3.05, 3.63) is 84.7 Å². The van der Waals surface area contributed by atoms with E-state index in [1.165, 1.54) is 0 Å². The van der Waals surface area contributed by atoms with E-state index in [9.17, 15) is 4.79 Å². The molecule has 0 aliphatic rings. The topological polar surface area (TPSA) is 34.0 Å². The van der Waals surface area contributed by atoms with Crippen LogP contribution < -0.4 is 5.32 Å². The summed E-state index contributed by atoms with van der Waals surface area (Å²) in [6, 6.07) is 20.9. The SMILES string of the molecule is O=C(Nc1ccccc1)c1cccc(-n2cccc2)c1. The van der Waals surface area contributed by atoms with Gasteiger partial charge in [-0.2, -0.15) is 0 Å². The van der Waals surface area contributed by atoms with Crippen molar-refractivity contribution in [2.75, 3.05) is 5.32 Å². The van der Waals surface area contributed by atoms with Crippen LogP contribution in [0, 0.1) is 0 Å². The third-order valence-electron chi connectivity index (χ3n) is 3.04. The molecule has 0 atom stereocenters. The second-order valence-electron chi connectivity index (χ2n) is 4.46. The first-order valence-electron chi connectivity index (χ1n) is 6.43. The molecule has 3 aromatic rings. The van der Waals surface area contributed by atoms with E-state index in [0.29, 0.717) is 5.56 Å². The second-order valence-corrected chi connectivity index (χ2v) is 4.46. The standard InChI is InChI=1S/C17H14N2O/c20-17(18-15-8-2-1-3-9-15)14-7-6-10-16(13-14)19-11-4-5-12-19/h1-13H,(H,18,20). The molecule has 0 spiro atoms. The molecule has 1 amide bonds. The Morgan fingerprint density at radius 2 is 1.60 bits per heavy atom. The van der Waals surface area contributed by atoms with Crippen LogP contribution in [0.2, 0.25) is 0 Å². The van der Waals surface area contributed by atoms with Crippen molar-refractivity contribution < 1.29 is 4.79 Å². The normalized spacial score (nSPS) is 10.2. The fourth-order valence-corrected chi connectivity index (χ4v) is 2.04. The maximum Gasteiger partial charge on any atom is 0.255 e.